The number of aromatic hydroxyl groups is 1. The fraction of sp³-hybridized carbons (Fsp3) is 0.375. The normalized spacial score (nSPS) is 22.8. The summed E-state index contributed by atoms with van der Waals surface area (Å²) in [5, 5.41) is 12.2. The Bertz CT molecular complexity index is 2260. The third-order valence-corrected chi connectivity index (χ3v) is 13.1. The summed E-state index contributed by atoms with van der Waals surface area (Å²) in [7, 11) is 0. The molecular weight excluding hydrogens is 743 g/mol. The maximum absolute atomic E-state index is 13.4. The second-order valence-corrected chi connectivity index (χ2v) is 16.6. The first-order valence-corrected chi connectivity index (χ1v) is 21.1. The zero-order chi connectivity index (χ0) is 40.6. The summed E-state index contributed by atoms with van der Waals surface area (Å²) in [5.74, 6) is -0.125. The molecule has 6 aliphatic heterocycles. The summed E-state index contributed by atoms with van der Waals surface area (Å²) in [6, 6.07) is 31.8. The zero-order valence-corrected chi connectivity index (χ0v) is 33.5. The summed E-state index contributed by atoms with van der Waals surface area (Å²) >= 11 is 0. The van der Waals surface area contributed by atoms with Crippen molar-refractivity contribution in [2.45, 2.75) is 63.6 Å². The molecule has 4 aromatic carbocycles. The van der Waals surface area contributed by atoms with E-state index in [1.807, 2.05) is 30.3 Å². The smallest absolute Gasteiger partial charge is 0.262 e. The van der Waals surface area contributed by atoms with Crippen LogP contribution >= 0.6 is 0 Å². The molecule has 10 rings (SSSR count). The molecule has 2 bridgehead atoms. The fourth-order valence-corrected chi connectivity index (χ4v) is 9.86. The Kier molecular flexibility index (Phi) is 10.8. The fourth-order valence-electron chi connectivity index (χ4n) is 9.86. The molecule has 6 aliphatic rings. The lowest BCUT2D eigenvalue weighted by Gasteiger charge is -2.58. The number of imide groups is 2. The van der Waals surface area contributed by atoms with Gasteiger partial charge in [-0.15, -0.1) is 0 Å². The van der Waals surface area contributed by atoms with Gasteiger partial charge in [0.05, 0.1) is 11.1 Å². The molecule has 0 aliphatic carbocycles. The number of anilines is 1. The molecule has 6 heterocycles. The van der Waals surface area contributed by atoms with Crippen LogP contribution in [-0.2, 0) is 9.59 Å². The first-order valence-electron chi connectivity index (χ1n) is 21.1. The van der Waals surface area contributed by atoms with Gasteiger partial charge < -0.3 is 14.7 Å². The Morgan fingerprint density at radius 1 is 0.780 bits per heavy atom. The number of fused-ring (bicyclic) bond motifs is 3. The second kappa shape index (κ2) is 16.5. The first kappa shape index (κ1) is 38.7. The molecule has 11 heteroatoms. The van der Waals surface area contributed by atoms with Crippen molar-refractivity contribution in [3.05, 3.63) is 125 Å². The van der Waals surface area contributed by atoms with Gasteiger partial charge in [-0.25, -0.2) is 0 Å². The van der Waals surface area contributed by atoms with E-state index in [-0.39, 0.29) is 24.5 Å². The number of benzene rings is 4. The lowest BCUT2D eigenvalue weighted by atomic mass is 9.84. The SMILES string of the molecule is CCC(=C(c1ccc(O)cc1)c1ccc(OCCN2CCC(CN3C4CC3CN(c3ccc5c(c3)C(=O)N(C3CCC(=O)NC3=O)C5=O)C4)CC2)cc1)c1ccccc1. The molecule has 304 valence electrons. The number of phenolic OH excluding ortho intramolecular Hbond substituents is 1. The highest BCUT2D eigenvalue weighted by atomic mass is 16.5. The van der Waals surface area contributed by atoms with Crippen LogP contribution in [0, 0.1) is 5.92 Å². The first-order chi connectivity index (χ1) is 28.7. The van der Waals surface area contributed by atoms with E-state index in [0.717, 1.165) is 78.7 Å². The molecule has 0 aromatic heterocycles. The number of likely N-dealkylation sites (tertiary alicyclic amines) is 1. The molecule has 4 aromatic rings. The lowest BCUT2D eigenvalue weighted by molar-refractivity contribution is -0.136. The number of piperidine rings is 3. The maximum Gasteiger partial charge on any atom is 0.262 e. The Morgan fingerprint density at radius 2 is 1.46 bits per heavy atom. The van der Waals surface area contributed by atoms with Crippen LogP contribution < -0.4 is 15.0 Å². The predicted molar refractivity (Wildman–Crippen MR) is 226 cm³/mol. The van der Waals surface area contributed by atoms with Gasteiger partial charge in [-0.05, 0) is 121 Å². The largest absolute Gasteiger partial charge is 0.508 e. The molecule has 3 unspecified atom stereocenters. The number of allylic oxidation sites excluding steroid dienone is 1. The molecular formula is C48H51N5O6. The van der Waals surface area contributed by atoms with Crippen LogP contribution in [0.3, 0.4) is 0 Å². The molecule has 3 atom stereocenters. The highest BCUT2D eigenvalue weighted by Gasteiger charge is 2.47. The van der Waals surface area contributed by atoms with E-state index in [4.69, 9.17) is 4.74 Å². The van der Waals surface area contributed by atoms with Crippen LogP contribution in [0.2, 0.25) is 0 Å². The van der Waals surface area contributed by atoms with E-state index in [2.05, 4.69) is 75.5 Å². The van der Waals surface area contributed by atoms with Crippen molar-refractivity contribution in [2.75, 3.05) is 50.8 Å². The summed E-state index contributed by atoms with van der Waals surface area (Å²) in [6.07, 6.45) is 4.65. The average Bonchev–Trinajstić information content (AvgIpc) is 3.51. The van der Waals surface area contributed by atoms with Crippen molar-refractivity contribution in [1.29, 1.82) is 0 Å². The number of carbonyl (C=O) groups excluding carboxylic acids is 4. The zero-order valence-electron chi connectivity index (χ0n) is 33.5. The van der Waals surface area contributed by atoms with Crippen LogP contribution in [0.15, 0.2) is 97.1 Å². The molecule has 2 N–H and O–H groups in total. The van der Waals surface area contributed by atoms with Crippen LogP contribution in [0.5, 0.6) is 11.5 Å². The standard InChI is InChI=1S/C48H51N5O6/c1-2-40(32-6-4-3-5-7-32)45(33-8-13-38(54)14-9-33)34-10-15-39(16-11-34)59-25-24-50-22-20-31(21-23-50)28-52-36-26-37(52)30-51(29-36)35-12-17-41-42(27-35)48(58)53(47(41)57)43-18-19-44(55)49-46(43)56/h3-17,27,31,36-37,43,54H,2,18-26,28-30H2,1H3,(H,49,55,56). The number of amides is 4. The number of hydrogen-bond acceptors (Lipinski definition) is 9. The van der Waals surface area contributed by atoms with Gasteiger partial charge in [-0.2, -0.15) is 0 Å². The van der Waals surface area contributed by atoms with Gasteiger partial charge in [0.25, 0.3) is 11.8 Å². The Hall–Kier alpha value is -5.78. The van der Waals surface area contributed by atoms with Crippen molar-refractivity contribution < 1.29 is 29.0 Å². The van der Waals surface area contributed by atoms with Crippen LogP contribution in [0.1, 0.15) is 82.9 Å². The third-order valence-electron chi connectivity index (χ3n) is 13.1. The van der Waals surface area contributed by atoms with Gasteiger partial charge in [0, 0.05) is 50.4 Å². The second-order valence-electron chi connectivity index (χ2n) is 16.6. The molecule has 59 heavy (non-hydrogen) atoms. The van der Waals surface area contributed by atoms with Gasteiger partial charge in [0.1, 0.15) is 24.1 Å². The number of piperazine rings is 1. The highest BCUT2D eigenvalue weighted by molar-refractivity contribution is 6.23. The van der Waals surface area contributed by atoms with E-state index in [1.54, 1.807) is 18.2 Å². The summed E-state index contributed by atoms with van der Waals surface area (Å²) < 4.78 is 6.26. The predicted octanol–water partition coefficient (Wildman–Crippen LogP) is 6.22. The van der Waals surface area contributed by atoms with E-state index in [9.17, 15) is 24.3 Å². The van der Waals surface area contributed by atoms with Crippen LogP contribution in [-0.4, -0.2) is 107 Å². The minimum atomic E-state index is -0.959. The number of nitrogens with zero attached hydrogens (tertiary/aromatic N) is 4. The van der Waals surface area contributed by atoms with Crippen LogP contribution in [0.4, 0.5) is 5.69 Å². The van der Waals surface area contributed by atoms with Crippen molar-refractivity contribution >= 4 is 40.5 Å². The van der Waals surface area contributed by atoms with Crippen LogP contribution in [0.25, 0.3) is 11.1 Å². The third kappa shape index (κ3) is 7.77. The number of hydrogen-bond donors (Lipinski definition) is 2. The summed E-state index contributed by atoms with van der Waals surface area (Å²) in [5.41, 5.74) is 7.36. The number of ether oxygens (including phenoxy) is 1. The quantitative estimate of drug-likeness (QED) is 0.127. The Balaban J connectivity index is 0.744. The van der Waals surface area contributed by atoms with E-state index < -0.39 is 23.8 Å². The number of rotatable bonds is 12. The number of carbonyl (C=O) groups is 4. The minimum absolute atomic E-state index is 0.104. The van der Waals surface area contributed by atoms with E-state index in [0.29, 0.717) is 35.7 Å². The maximum atomic E-state index is 13.4. The molecule has 0 spiro atoms. The number of phenols is 1. The van der Waals surface area contributed by atoms with Gasteiger partial charge >= 0.3 is 0 Å². The van der Waals surface area contributed by atoms with Crippen molar-refractivity contribution in [2.24, 2.45) is 5.92 Å². The van der Waals surface area contributed by atoms with Gasteiger partial charge in [-0.3, -0.25) is 39.2 Å². The Labute approximate surface area is 345 Å². The van der Waals surface area contributed by atoms with Gasteiger partial charge in [-0.1, -0.05) is 61.5 Å². The van der Waals surface area contributed by atoms with Gasteiger partial charge in [0.2, 0.25) is 11.8 Å². The molecule has 5 saturated heterocycles. The molecule has 5 fully saturated rings. The highest BCUT2D eigenvalue weighted by Crippen LogP contribution is 2.39. The molecule has 0 radical (unpaired) electrons. The summed E-state index contributed by atoms with van der Waals surface area (Å²) in [4.78, 5) is 59.3. The van der Waals surface area contributed by atoms with Crippen molar-refractivity contribution in [3.63, 3.8) is 0 Å². The average molecular weight is 794 g/mol. The monoisotopic (exact) mass is 793 g/mol. The van der Waals surface area contributed by atoms with E-state index in [1.165, 1.54) is 30.4 Å². The number of nitrogens with one attached hydrogen (secondary N) is 1. The van der Waals surface area contributed by atoms with E-state index >= 15 is 0 Å². The minimum Gasteiger partial charge on any atom is -0.508 e. The topological polar surface area (TPSA) is 123 Å². The van der Waals surface area contributed by atoms with Crippen molar-refractivity contribution in [1.82, 2.24) is 20.0 Å². The van der Waals surface area contributed by atoms with Crippen molar-refractivity contribution in [3.8, 4) is 11.5 Å². The van der Waals surface area contributed by atoms with Gasteiger partial charge in [0.15, 0.2) is 0 Å². The molecule has 0 saturated carbocycles. The molecule has 11 nitrogen and oxygen atoms in total. The Morgan fingerprint density at radius 3 is 2.14 bits per heavy atom. The lowest BCUT2D eigenvalue weighted by Crippen LogP contribution is -2.69. The summed E-state index contributed by atoms with van der Waals surface area (Å²) in [6.45, 7) is 8.73. The molecule has 4 amide bonds.